The van der Waals surface area contributed by atoms with E-state index in [0.717, 1.165) is 19.3 Å². The summed E-state index contributed by atoms with van der Waals surface area (Å²) in [5.41, 5.74) is 0.875. The lowest BCUT2D eigenvalue weighted by Crippen LogP contribution is -2.33. The van der Waals surface area contributed by atoms with E-state index >= 15 is 0 Å². The van der Waals surface area contributed by atoms with E-state index in [-0.39, 0.29) is 16.8 Å². The summed E-state index contributed by atoms with van der Waals surface area (Å²) in [5, 5.41) is 2.98. The fourth-order valence-corrected chi connectivity index (χ4v) is 4.29. The van der Waals surface area contributed by atoms with Gasteiger partial charge in [0.2, 0.25) is 0 Å². The number of benzene rings is 2. The molecule has 0 spiro atoms. The third-order valence-electron chi connectivity index (χ3n) is 5.12. The first-order chi connectivity index (χ1) is 13.9. The van der Waals surface area contributed by atoms with E-state index in [1.54, 1.807) is 30.3 Å². The average Bonchev–Trinajstić information content (AvgIpc) is 3.54. The largest absolute Gasteiger partial charge is 0.490 e. The molecule has 0 aromatic heterocycles. The fraction of sp³-hybridized carbons (Fsp3) is 0.381. The summed E-state index contributed by atoms with van der Waals surface area (Å²) in [6.07, 6.45) is 3.05. The number of fused-ring (bicyclic) bond motifs is 1. The zero-order valence-corrected chi connectivity index (χ0v) is 17.0. The number of hydrogen-bond donors (Lipinski definition) is 2. The molecule has 0 saturated heterocycles. The van der Waals surface area contributed by atoms with Gasteiger partial charge in [0.05, 0.1) is 18.1 Å². The molecular formula is C21H24N2O5S. The molecule has 29 heavy (non-hydrogen) atoms. The summed E-state index contributed by atoms with van der Waals surface area (Å²) in [7, 11) is -3.80. The molecular weight excluding hydrogens is 392 g/mol. The van der Waals surface area contributed by atoms with Crippen LogP contribution in [0.1, 0.15) is 36.5 Å². The van der Waals surface area contributed by atoms with E-state index in [2.05, 4.69) is 10.0 Å². The van der Waals surface area contributed by atoms with E-state index in [9.17, 15) is 13.2 Å². The monoisotopic (exact) mass is 416 g/mol. The third-order valence-corrected chi connectivity index (χ3v) is 6.50. The normalized spacial score (nSPS) is 17.1. The zero-order valence-electron chi connectivity index (χ0n) is 16.2. The van der Waals surface area contributed by atoms with Crippen LogP contribution in [0, 0.1) is 5.92 Å². The number of rotatable bonds is 6. The minimum atomic E-state index is -3.80. The molecule has 2 aromatic rings. The second kappa shape index (κ2) is 7.94. The van der Waals surface area contributed by atoms with Crippen LogP contribution in [0.15, 0.2) is 47.4 Å². The predicted octanol–water partition coefficient (Wildman–Crippen LogP) is 3.18. The first-order valence-corrected chi connectivity index (χ1v) is 11.2. The Morgan fingerprint density at radius 2 is 1.72 bits per heavy atom. The Morgan fingerprint density at radius 3 is 2.41 bits per heavy atom. The van der Waals surface area contributed by atoms with Crippen molar-refractivity contribution in [3.63, 3.8) is 0 Å². The standard InChI is InChI=1S/C21H24N2O5S/c1-14(15-3-4-15)22-21(24)16-5-7-17(8-6-16)23-29(25,26)18-9-10-19-20(13-18)28-12-2-11-27-19/h5-10,13-15,23H,2-4,11-12H2,1H3,(H,22,24). The van der Waals surface area contributed by atoms with E-state index in [1.165, 1.54) is 12.1 Å². The maximum absolute atomic E-state index is 12.7. The van der Waals surface area contributed by atoms with Crippen molar-refractivity contribution in [2.24, 2.45) is 5.92 Å². The SMILES string of the molecule is CC(NC(=O)c1ccc(NS(=O)(=O)c2ccc3c(c2)OCCCO3)cc1)C1CC1. The molecule has 1 aliphatic carbocycles. The number of ether oxygens (including phenoxy) is 2. The van der Waals surface area contributed by atoms with Gasteiger partial charge in [-0.2, -0.15) is 0 Å². The fourth-order valence-electron chi connectivity index (χ4n) is 3.22. The van der Waals surface area contributed by atoms with Gasteiger partial charge >= 0.3 is 0 Å². The van der Waals surface area contributed by atoms with Crippen LogP contribution in [-0.2, 0) is 10.0 Å². The second-order valence-electron chi connectivity index (χ2n) is 7.44. The van der Waals surface area contributed by atoms with Gasteiger partial charge in [-0.1, -0.05) is 0 Å². The molecule has 1 unspecified atom stereocenters. The lowest BCUT2D eigenvalue weighted by atomic mass is 10.1. The molecule has 2 aromatic carbocycles. The van der Waals surface area contributed by atoms with Crippen molar-refractivity contribution in [1.82, 2.24) is 5.32 Å². The van der Waals surface area contributed by atoms with Crippen molar-refractivity contribution in [1.29, 1.82) is 0 Å². The van der Waals surface area contributed by atoms with Crippen LogP contribution in [0.3, 0.4) is 0 Å². The van der Waals surface area contributed by atoms with Crippen molar-refractivity contribution in [3.8, 4) is 11.5 Å². The highest BCUT2D eigenvalue weighted by atomic mass is 32.2. The number of nitrogens with one attached hydrogen (secondary N) is 2. The Bertz CT molecular complexity index is 1000. The van der Waals surface area contributed by atoms with Gasteiger partial charge in [-0.25, -0.2) is 8.42 Å². The molecule has 2 N–H and O–H groups in total. The van der Waals surface area contributed by atoms with Gasteiger partial charge < -0.3 is 14.8 Å². The molecule has 1 saturated carbocycles. The molecule has 1 atom stereocenters. The maximum Gasteiger partial charge on any atom is 0.262 e. The molecule has 8 heteroatoms. The first-order valence-electron chi connectivity index (χ1n) is 9.76. The van der Waals surface area contributed by atoms with E-state index in [1.807, 2.05) is 6.92 Å². The van der Waals surface area contributed by atoms with Gasteiger partial charge in [0.15, 0.2) is 11.5 Å². The second-order valence-corrected chi connectivity index (χ2v) is 9.12. The van der Waals surface area contributed by atoms with Crippen LogP contribution in [0.4, 0.5) is 5.69 Å². The topological polar surface area (TPSA) is 93.7 Å². The average molecular weight is 416 g/mol. The van der Waals surface area contributed by atoms with Crippen molar-refractivity contribution >= 4 is 21.6 Å². The Kier molecular flexibility index (Phi) is 5.36. The number of amides is 1. The number of carbonyl (C=O) groups is 1. The highest BCUT2D eigenvalue weighted by molar-refractivity contribution is 7.92. The van der Waals surface area contributed by atoms with Gasteiger partial charge in [-0.3, -0.25) is 9.52 Å². The summed E-state index contributed by atoms with van der Waals surface area (Å²) < 4.78 is 39.1. The summed E-state index contributed by atoms with van der Waals surface area (Å²) in [4.78, 5) is 12.4. The summed E-state index contributed by atoms with van der Waals surface area (Å²) in [6.45, 7) is 3.02. The molecule has 1 aliphatic heterocycles. The molecule has 0 radical (unpaired) electrons. The van der Waals surface area contributed by atoms with Crippen LogP contribution in [0.5, 0.6) is 11.5 Å². The van der Waals surface area contributed by atoms with Crippen LogP contribution >= 0.6 is 0 Å². The summed E-state index contributed by atoms with van der Waals surface area (Å²) in [6, 6.07) is 11.1. The lowest BCUT2D eigenvalue weighted by Gasteiger charge is -2.14. The predicted molar refractivity (Wildman–Crippen MR) is 109 cm³/mol. The Hall–Kier alpha value is -2.74. The lowest BCUT2D eigenvalue weighted by molar-refractivity contribution is 0.0936. The quantitative estimate of drug-likeness (QED) is 0.754. The van der Waals surface area contributed by atoms with Crippen molar-refractivity contribution in [2.45, 2.75) is 37.1 Å². The molecule has 2 aliphatic rings. The van der Waals surface area contributed by atoms with E-state index in [0.29, 0.717) is 41.9 Å². The van der Waals surface area contributed by atoms with Crippen LogP contribution in [0.25, 0.3) is 0 Å². The molecule has 1 heterocycles. The van der Waals surface area contributed by atoms with Crippen molar-refractivity contribution < 1.29 is 22.7 Å². The minimum Gasteiger partial charge on any atom is -0.490 e. The molecule has 154 valence electrons. The highest BCUT2D eigenvalue weighted by Crippen LogP contribution is 2.33. The highest BCUT2D eigenvalue weighted by Gasteiger charge is 2.29. The molecule has 4 rings (SSSR count). The number of sulfonamides is 1. The van der Waals surface area contributed by atoms with Gasteiger partial charge in [-0.05, 0) is 62.1 Å². The zero-order chi connectivity index (χ0) is 20.4. The Balaban J connectivity index is 1.45. The van der Waals surface area contributed by atoms with Crippen LogP contribution < -0.4 is 19.5 Å². The van der Waals surface area contributed by atoms with E-state index in [4.69, 9.17) is 9.47 Å². The van der Waals surface area contributed by atoms with Gasteiger partial charge in [0.1, 0.15) is 0 Å². The summed E-state index contributed by atoms with van der Waals surface area (Å²) in [5.74, 6) is 1.38. The summed E-state index contributed by atoms with van der Waals surface area (Å²) >= 11 is 0. The number of hydrogen-bond acceptors (Lipinski definition) is 5. The maximum atomic E-state index is 12.7. The molecule has 1 amide bonds. The van der Waals surface area contributed by atoms with Gasteiger partial charge in [0, 0.05) is 29.8 Å². The molecule has 1 fully saturated rings. The Morgan fingerprint density at radius 1 is 1.03 bits per heavy atom. The smallest absolute Gasteiger partial charge is 0.262 e. The van der Waals surface area contributed by atoms with Crippen molar-refractivity contribution in [3.05, 3.63) is 48.0 Å². The molecule has 7 nitrogen and oxygen atoms in total. The van der Waals surface area contributed by atoms with Crippen LogP contribution in [-0.4, -0.2) is 33.6 Å². The number of carbonyl (C=O) groups excluding carboxylic acids is 1. The molecule has 0 bridgehead atoms. The minimum absolute atomic E-state index is 0.0850. The van der Waals surface area contributed by atoms with E-state index < -0.39 is 10.0 Å². The van der Waals surface area contributed by atoms with Gasteiger partial charge in [-0.15, -0.1) is 0 Å². The first kappa shape index (κ1) is 19.6. The van der Waals surface area contributed by atoms with Crippen molar-refractivity contribution in [2.75, 3.05) is 17.9 Å². The third kappa shape index (κ3) is 4.64. The number of anilines is 1. The van der Waals surface area contributed by atoms with Crippen LogP contribution in [0.2, 0.25) is 0 Å². The Labute approximate surface area is 170 Å². The van der Waals surface area contributed by atoms with Gasteiger partial charge in [0.25, 0.3) is 15.9 Å².